The lowest BCUT2D eigenvalue weighted by molar-refractivity contribution is -0.145. The Morgan fingerprint density at radius 1 is 1.14 bits per heavy atom. The van der Waals surface area contributed by atoms with Gasteiger partial charge in [0, 0.05) is 26.2 Å². The van der Waals surface area contributed by atoms with Crippen molar-refractivity contribution in [3.05, 3.63) is 29.8 Å². The fourth-order valence-corrected chi connectivity index (χ4v) is 2.18. The summed E-state index contributed by atoms with van der Waals surface area (Å²) in [4.78, 5) is 37.8. The molecule has 0 aliphatic carbocycles. The van der Waals surface area contributed by atoms with Crippen molar-refractivity contribution >= 4 is 23.4 Å². The second-order valence-corrected chi connectivity index (χ2v) is 5.28. The molecule has 1 aromatic carbocycles. The van der Waals surface area contributed by atoms with E-state index in [2.05, 4.69) is 5.32 Å². The number of rotatable bonds is 4. The van der Waals surface area contributed by atoms with E-state index in [4.69, 9.17) is 0 Å². The third-order valence-corrected chi connectivity index (χ3v) is 3.38. The summed E-state index contributed by atoms with van der Waals surface area (Å²) >= 11 is 0. The SMILES string of the molecule is CN(C)c1ccc(CCC(=O)N2CC(=O)NC(=O)C2)cc1. The lowest BCUT2D eigenvalue weighted by Crippen LogP contribution is -2.53. The van der Waals surface area contributed by atoms with E-state index in [9.17, 15) is 14.4 Å². The van der Waals surface area contributed by atoms with Crippen LogP contribution in [-0.2, 0) is 20.8 Å². The van der Waals surface area contributed by atoms with Crippen LogP contribution < -0.4 is 10.2 Å². The third-order valence-electron chi connectivity index (χ3n) is 3.38. The maximum absolute atomic E-state index is 12.0. The van der Waals surface area contributed by atoms with Crippen molar-refractivity contribution in [2.75, 3.05) is 32.1 Å². The summed E-state index contributed by atoms with van der Waals surface area (Å²) in [6.07, 6.45) is 0.890. The number of benzene rings is 1. The number of carbonyl (C=O) groups is 3. The van der Waals surface area contributed by atoms with Crippen molar-refractivity contribution in [3.8, 4) is 0 Å². The van der Waals surface area contributed by atoms with Gasteiger partial charge in [0.25, 0.3) is 0 Å². The van der Waals surface area contributed by atoms with Crippen molar-refractivity contribution in [2.24, 2.45) is 0 Å². The van der Waals surface area contributed by atoms with Crippen LogP contribution in [0.5, 0.6) is 0 Å². The van der Waals surface area contributed by atoms with Gasteiger partial charge < -0.3 is 9.80 Å². The molecule has 0 aromatic heterocycles. The van der Waals surface area contributed by atoms with Gasteiger partial charge in [-0.1, -0.05) is 12.1 Å². The summed E-state index contributed by atoms with van der Waals surface area (Å²) in [5, 5.41) is 2.18. The van der Waals surface area contributed by atoms with Gasteiger partial charge in [-0.3, -0.25) is 19.7 Å². The average Bonchev–Trinajstić information content (AvgIpc) is 2.44. The number of aryl methyl sites for hydroxylation is 1. The van der Waals surface area contributed by atoms with Gasteiger partial charge in [-0.15, -0.1) is 0 Å². The van der Waals surface area contributed by atoms with Crippen LogP contribution in [-0.4, -0.2) is 49.8 Å². The first-order valence-electron chi connectivity index (χ1n) is 6.82. The van der Waals surface area contributed by atoms with Crippen LogP contribution in [0.3, 0.4) is 0 Å². The zero-order valence-corrected chi connectivity index (χ0v) is 12.3. The fourth-order valence-electron chi connectivity index (χ4n) is 2.18. The monoisotopic (exact) mass is 289 g/mol. The van der Waals surface area contributed by atoms with Crippen molar-refractivity contribution in [1.82, 2.24) is 10.2 Å². The molecule has 2 rings (SSSR count). The molecule has 1 N–H and O–H groups in total. The van der Waals surface area contributed by atoms with E-state index in [1.165, 1.54) is 4.90 Å². The molecule has 3 amide bonds. The summed E-state index contributed by atoms with van der Waals surface area (Å²) < 4.78 is 0. The smallest absolute Gasteiger partial charge is 0.246 e. The van der Waals surface area contributed by atoms with Gasteiger partial charge in [-0.25, -0.2) is 0 Å². The summed E-state index contributed by atoms with van der Waals surface area (Å²) in [5.41, 5.74) is 2.16. The van der Waals surface area contributed by atoms with Gasteiger partial charge in [-0.2, -0.15) is 0 Å². The minimum absolute atomic E-state index is 0.0376. The summed E-state index contributed by atoms with van der Waals surface area (Å²) in [6, 6.07) is 7.96. The quantitative estimate of drug-likeness (QED) is 0.802. The van der Waals surface area contributed by atoms with Crippen LogP contribution in [0, 0.1) is 0 Å². The Labute approximate surface area is 123 Å². The highest BCUT2D eigenvalue weighted by Gasteiger charge is 2.25. The highest BCUT2D eigenvalue weighted by atomic mass is 16.2. The van der Waals surface area contributed by atoms with Crippen molar-refractivity contribution in [1.29, 1.82) is 0 Å². The topological polar surface area (TPSA) is 69.7 Å². The molecular formula is C15H19N3O3. The molecule has 0 saturated carbocycles. The second kappa shape index (κ2) is 6.39. The molecule has 0 radical (unpaired) electrons. The summed E-state index contributed by atoms with van der Waals surface area (Å²) in [6.45, 7) is -0.0751. The molecule has 1 aliphatic rings. The predicted octanol–water partition coefficient (Wildman–Crippen LogP) is 0.170. The molecule has 6 nitrogen and oxygen atoms in total. The highest BCUT2D eigenvalue weighted by Crippen LogP contribution is 2.14. The minimum atomic E-state index is -0.421. The van der Waals surface area contributed by atoms with Crippen LogP contribution in [0.15, 0.2) is 24.3 Å². The maximum atomic E-state index is 12.0. The van der Waals surface area contributed by atoms with Gasteiger partial charge in [-0.05, 0) is 24.1 Å². The Morgan fingerprint density at radius 2 is 1.71 bits per heavy atom. The molecular weight excluding hydrogens is 270 g/mol. The van der Waals surface area contributed by atoms with E-state index in [1.54, 1.807) is 0 Å². The van der Waals surface area contributed by atoms with Crippen LogP contribution in [0.25, 0.3) is 0 Å². The fraction of sp³-hybridized carbons (Fsp3) is 0.400. The first-order valence-corrected chi connectivity index (χ1v) is 6.82. The Morgan fingerprint density at radius 3 is 2.24 bits per heavy atom. The number of piperazine rings is 1. The van der Waals surface area contributed by atoms with Gasteiger partial charge in [0.1, 0.15) is 13.1 Å². The number of nitrogens with zero attached hydrogens (tertiary/aromatic N) is 2. The number of hydrogen-bond donors (Lipinski definition) is 1. The molecule has 1 aliphatic heterocycles. The lowest BCUT2D eigenvalue weighted by Gasteiger charge is -2.25. The second-order valence-electron chi connectivity index (χ2n) is 5.28. The molecule has 1 aromatic rings. The third kappa shape index (κ3) is 4.05. The Kier molecular flexibility index (Phi) is 4.57. The largest absolute Gasteiger partial charge is 0.378 e. The van der Waals surface area contributed by atoms with Gasteiger partial charge >= 0.3 is 0 Å². The van der Waals surface area contributed by atoms with Gasteiger partial charge in [0.2, 0.25) is 17.7 Å². The molecule has 21 heavy (non-hydrogen) atoms. The van der Waals surface area contributed by atoms with Crippen LogP contribution in [0.4, 0.5) is 5.69 Å². The average molecular weight is 289 g/mol. The Balaban J connectivity index is 1.88. The summed E-state index contributed by atoms with van der Waals surface area (Å²) in [7, 11) is 3.94. The lowest BCUT2D eigenvalue weighted by atomic mass is 10.1. The number of amides is 3. The molecule has 112 valence electrons. The zero-order valence-electron chi connectivity index (χ0n) is 12.3. The van der Waals surface area contributed by atoms with E-state index in [1.807, 2.05) is 43.3 Å². The molecule has 0 unspecified atom stereocenters. The maximum Gasteiger partial charge on any atom is 0.246 e. The summed E-state index contributed by atoms with van der Waals surface area (Å²) in [5.74, 6) is -1.01. The number of carbonyl (C=O) groups excluding carboxylic acids is 3. The molecule has 1 heterocycles. The standard InChI is InChI=1S/C15H19N3O3/c1-17(2)12-6-3-11(4-7-12)5-8-15(21)18-9-13(19)16-14(20)10-18/h3-4,6-7H,5,8-10H2,1-2H3,(H,16,19,20). The van der Waals surface area contributed by atoms with Crippen LogP contribution in [0.1, 0.15) is 12.0 Å². The molecule has 1 saturated heterocycles. The van der Waals surface area contributed by atoms with Gasteiger partial charge in [0.15, 0.2) is 0 Å². The van der Waals surface area contributed by atoms with Crippen LogP contribution >= 0.6 is 0 Å². The van der Waals surface area contributed by atoms with Crippen molar-refractivity contribution in [2.45, 2.75) is 12.8 Å². The van der Waals surface area contributed by atoms with E-state index >= 15 is 0 Å². The number of hydrogen-bond acceptors (Lipinski definition) is 4. The van der Waals surface area contributed by atoms with Crippen LogP contribution in [0.2, 0.25) is 0 Å². The Hall–Kier alpha value is -2.37. The predicted molar refractivity (Wildman–Crippen MR) is 78.8 cm³/mol. The number of anilines is 1. The zero-order chi connectivity index (χ0) is 15.4. The Bertz CT molecular complexity index is 536. The number of nitrogens with one attached hydrogen (secondary N) is 1. The van der Waals surface area contributed by atoms with Crippen molar-refractivity contribution < 1.29 is 14.4 Å². The molecule has 0 bridgehead atoms. The van der Waals surface area contributed by atoms with E-state index in [0.29, 0.717) is 12.8 Å². The first-order chi connectivity index (χ1) is 9.95. The van der Waals surface area contributed by atoms with Crippen molar-refractivity contribution in [3.63, 3.8) is 0 Å². The molecule has 0 spiro atoms. The molecule has 1 fully saturated rings. The number of imide groups is 1. The van der Waals surface area contributed by atoms with E-state index in [-0.39, 0.29) is 19.0 Å². The highest BCUT2D eigenvalue weighted by molar-refractivity contribution is 6.02. The molecule has 6 heteroatoms. The van der Waals surface area contributed by atoms with E-state index in [0.717, 1.165) is 11.3 Å². The normalized spacial score (nSPS) is 14.9. The van der Waals surface area contributed by atoms with E-state index < -0.39 is 11.8 Å². The molecule has 0 atom stereocenters. The minimum Gasteiger partial charge on any atom is -0.378 e. The first kappa shape index (κ1) is 15.0. The van der Waals surface area contributed by atoms with Gasteiger partial charge in [0.05, 0.1) is 0 Å².